The predicted octanol–water partition coefficient (Wildman–Crippen LogP) is 0.666. The van der Waals surface area contributed by atoms with E-state index in [1.54, 1.807) is 12.3 Å². The maximum absolute atomic E-state index is 11.9. The zero-order chi connectivity index (χ0) is 12.8. The van der Waals surface area contributed by atoms with E-state index in [-0.39, 0.29) is 12.0 Å². The van der Waals surface area contributed by atoms with Crippen LogP contribution in [0, 0.1) is 0 Å². The van der Waals surface area contributed by atoms with Crippen LogP contribution < -0.4 is 16.6 Å². The van der Waals surface area contributed by atoms with Gasteiger partial charge in [0.2, 0.25) is 0 Å². The molecule has 1 aromatic rings. The molecule has 2 heterocycles. The van der Waals surface area contributed by atoms with Gasteiger partial charge in [-0.05, 0) is 25.3 Å². The number of ether oxygens (including phenoxy) is 1. The molecule has 6 heteroatoms. The first-order chi connectivity index (χ1) is 8.81. The number of pyridine rings is 1. The van der Waals surface area contributed by atoms with Crippen LogP contribution >= 0.6 is 0 Å². The fraction of sp³-hybridized carbons (Fsp3) is 0.500. The maximum atomic E-state index is 11.9. The van der Waals surface area contributed by atoms with Crippen LogP contribution in [-0.4, -0.2) is 30.1 Å². The molecule has 1 unspecified atom stereocenters. The fourth-order valence-electron chi connectivity index (χ4n) is 2.02. The van der Waals surface area contributed by atoms with Gasteiger partial charge in [0, 0.05) is 25.5 Å². The summed E-state index contributed by atoms with van der Waals surface area (Å²) >= 11 is 0. The number of rotatable bonds is 5. The third-order valence-electron chi connectivity index (χ3n) is 3.00. The van der Waals surface area contributed by atoms with Crippen molar-refractivity contribution in [1.29, 1.82) is 0 Å². The van der Waals surface area contributed by atoms with Crippen molar-refractivity contribution in [2.45, 2.75) is 25.4 Å². The van der Waals surface area contributed by atoms with Crippen LogP contribution in [0.5, 0.6) is 0 Å². The summed E-state index contributed by atoms with van der Waals surface area (Å²) < 4.78 is 5.49. The lowest BCUT2D eigenvalue weighted by atomic mass is 10.2. The maximum Gasteiger partial charge on any atom is 0.255 e. The van der Waals surface area contributed by atoms with Crippen LogP contribution in [-0.2, 0) is 4.74 Å². The number of hydrazine groups is 1. The van der Waals surface area contributed by atoms with Gasteiger partial charge < -0.3 is 15.5 Å². The van der Waals surface area contributed by atoms with E-state index < -0.39 is 0 Å². The molecule has 98 valence electrons. The van der Waals surface area contributed by atoms with Crippen molar-refractivity contribution < 1.29 is 9.53 Å². The summed E-state index contributed by atoms with van der Waals surface area (Å²) in [5.74, 6) is 5.17. The van der Waals surface area contributed by atoms with Gasteiger partial charge >= 0.3 is 0 Å². The molecule has 1 aliphatic rings. The molecule has 1 amide bonds. The third kappa shape index (κ3) is 3.18. The van der Waals surface area contributed by atoms with Gasteiger partial charge in [-0.3, -0.25) is 15.6 Å². The first kappa shape index (κ1) is 12.8. The quantitative estimate of drug-likeness (QED) is 0.528. The Morgan fingerprint density at radius 3 is 3.22 bits per heavy atom. The highest BCUT2D eigenvalue weighted by molar-refractivity contribution is 5.99. The molecule has 18 heavy (non-hydrogen) atoms. The highest BCUT2D eigenvalue weighted by Crippen LogP contribution is 2.15. The zero-order valence-electron chi connectivity index (χ0n) is 10.2. The summed E-state index contributed by atoms with van der Waals surface area (Å²) in [5.41, 5.74) is 3.50. The Morgan fingerprint density at radius 2 is 2.50 bits per heavy atom. The van der Waals surface area contributed by atoms with Gasteiger partial charge in [-0.1, -0.05) is 0 Å². The Kier molecular flexibility index (Phi) is 4.49. The van der Waals surface area contributed by atoms with E-state index >= 15 is 0 Å². The van der Waals surface area contributed by atoms with E-state index in [4.69, 9.17) is 10.6 Å². The largest absolute Gasteiger partial charge is 0.378 e. The molecule has 0 radical (unpaired) electrons. The molecule has 0 spiro atoms. The second-order valence-electron chi connectivity index (χ2n) is 4.25. The first-order valence-corrected chi connectivity index (χ1v) is 6.11. The minimum absolute atomic E-state index is 0.172. The Hall–Kier alpha value is -1.66. The molecule has 6 nitrogen and oxygen atoms in total. The third-order valence-corrected chi connectivity index (χ3v) is 3.00. The summed E-state index contributed by atoms with van der Waals surface area (Å²) in [4.78, 5) is 15.8. The molecule has 2 rings (SSSR count). The van der Waals surface area contributed by atoms with Gasteiger partial charge in [-0.2, -0.15) is 0 Å². The monoisotopic (exact) mass is 250 g/mol. The summed E-state index contributed by atoms with van der Waals surface area (Å²) in [6.07, 6.45) is 6.40. The topological polar surface area (TPSA) is 89.3 Å². The Labute approximate surface area is 106 Å². The van der Waals surface area contributed by atoms with Gasteiger partial charge in [0.05, 0.1) is 17.4 Å². The summed E-state index contributed by atoms with van der Waals surface area (Å²) in [6, 6.07) is 1.66. The SMILES string of the molecule is NNc1ccncc1C(=O)NCCC1CCCO1. The Balaban J connectivity index is 1.83. The number of amides is 1. The zero-order valence-corrected chi connectivity index (χ0v) is 10.2. The second-order valence-corrected chi connectivity index (χ2v) is 4.25. The van der Waals surface area contributed by atoms with Gasteiger partial charge in [-0.15, -0.1) is 0 Å². The van der Waals surface area contributed by atoms with Crippen LogP contribution in [0.4, 0.5) is 5.69 Å². The van der Waals surface area contributed by atoms with E-state index in [0.717, 1.165) is 25.9 Å². The molecule has 1 aromatic heterocycles. The normalized spacial score (nSPS) is 18.6. The van der Waals surface area contributed by atoms with E-state index in [1.165, 1.54) is 6.20 Å². The highest BCUT2D eigenvalue weighted by atomic mass is 16.5. The lowest BCUT2D eigenvalue weighted by Gasteiger charge is -2.11. The van der Waals surface area contributed by atoms with E-state index in [2.05, 4.69) is 15.7 Å². The minimum Gasteiger partial charge on any atom is -0.378 e. The van der Waals surface area contributed by atoms with E-state index in [1.807, 2.05) is 0 Å². The molecule has 1 aliphatic heterocycles. The van der Waals surface area contributed by atoms with Gasteiger partial charge in [0.25, 0.3) is 5.91 Å². The van der Waals surface area contributed by atoms with Crippen LogP contribution in [0.15, 0.2) is 18.5 Å². The number of nitrogens with zero attached hydrogens (tertiary/aromatic N) is 1. The molecule has 0 bridgehead atoms. The standard InChI is InChI=1S/C12H18N4O2/c13-16-11-4-5-14-8-10(11)12(17)15-6-3-9-2-1-7-18-9/h4-5,8-9H,1-3,6-7,13H2,(H,14,16)(H,15,17). The van der Waals surface area contributed by atoms with Crippen molar-refractivity contribution in [3.05, 3.63) is 24.0 Å². The average Bonchev–Trinajstić information content (AvgIpc) is 2.91. The van der Waals surface area contributed by atoms with Crippen LogP contribution in [0.3, 0.4) is 0 Å². The number of anilines is 1. The number of nitrogen functional groups attached to an aromatic ring is 1. The van der Waals surface area contributed by atoms with Gasteiger partial charge in [-0.25, -0.2) is 0 Å². The summed E-state index contributed by atoms with van der Waals surface area (Å²) in [7, 11) is 0. The number of hydrogen-bond donors (Lipinski definition) is 3. The van der Waals surface area contributed by atoms with Gasteiger partial charge in [0.15, 0.2) is 0 Å². The highest BCUT2D eigenvalue weighted by Gasteiger charge is 2.16. The molecule has 4 N–H and O–H groups in total. The van der Waals surface area contributed by atoms with Crippen molar-refractivity contribution in [2.75, 3.05) is 18.6 Å². The van der Waals surface area contributed by atoms with Crippen LogP contribution in [0.25, 0.3) is 0 Å². The van der Waals surface area contributed by atoms with Crippen LogP contribution in [0.2, 0.25) is 0 Å². The van der Waals surface area contributed by atoms with Crippen molar-refractivity contribution in [2.24, 2.45) is 5.84 Å². The van der Waals surface area contributed by atoms with Crippen molar-refractivity contribution in [1.82, 2.24) is 10.3 Å². The Morgan fingerprint density at radius 1 is 1.61 bits per heavy atom. The molecule has 1 atom stereocenters. The van der Waals surface area contributed by atoms with Crippen molar-refractivity contribution >= 4 is 11.6 Å². The molecule has 0 aliphatic carbocycles. The number of aromatic nitrogens is 1. The molecule has 0 saturated carbocycles. The van der Waals surface area contributed by atoms with E-state index in [9.17, 15) is 4.79 Å². The molecular weight excluding hydrogens is 232 g/mol. The van der Waals surface area contributed by atoms with Crippen LogP contribution in [0.1, 0.15) is 29.6 Å². The summed E-state index contributed by atoms with van der Waals surface area (Å²) in [5, 5.41) is 2.85. The second kappa shape index (κ2) is 6.32. The lowest BCUT2D eigenvalue weighted by molar-refractivity contribution is 0.0907. The average molecular weight is 250 g/mol. The summed E-state index contributed by atoms with van der Waals surface area (Å²) in [6.45, 7) is 1.44. The molecular formula is C12H18N4O2. The van der Waals surface area contributed by atoms with Crippen molar-refractivity contribution in [3.8, 4) is 0 Å². The van der Waals surface area contributed by atoms with E-state index in [0.29, 0.717) is 17.8 Å². The molecule has 1 saturated heterocycles. The molecule has 1 fully saturated rings. The number of carbonyl (C=O) groups is 1. The first-order valence-electron chi connectivity index (χ1n) is 6.11. The molecule has 0 aromatic carbocycles. The number of carbonyl (C=O) groups excluding carboxylic acids is 1. The number of nitrogens with two attached hydrogens (primary N) is 1. The number of hydrogen-bond acceptors (Lipinski definition) is 5. The number of nitrogens with one attached hydrogen (secondary N) is 2. The fourth-order valence-corrected chi connectivity index (χ4v) is 2.02. The minimum atomic E-state index is -0.172. The van der Waals surface area contributed by atoms with Gasteiger partial charge in [0.1, 0.15) is 0 Å². The Bertz CT molecular complexity index is 405. The smallest absolute Gasteiger partial charge is 0.255 e. The van der Waals surface area contributed by atoms with Crippen molar-refractivity contribution in [3.63, 3.8) is 0 Å². The lowest BCUT2D eigenvalue weighted by Crippen LogP contribution is -2.28. The predicted molar refractivity (Wildman–Crippen MR) is 68.0 cm³/mol.